The lowest BCUT2D eigenvalue weighted by Crippen LogP contribution is -2.41. The van der Waals surface area contributed by atoms with E-state index in [1.165, 1.54) is 57.8 Å². The van der Waals surface area contributed by atoms with Gasteiger partial charge in [0.15, 0.2) is 8.32 Å². The molecule has 0 aromatic rings. The van der Waals surface area contributed by atoms with Crippen LogP contribution in [0.1, 0.15) is 98.3 Å². The van der Waals surface area contributed by atoms with Crippen molar-refractivity contribution in [3.63, 3.8) is 0 Å². The Balaban J connectivity index is 3.78. The Hall–Kier alpha value is -0.193. The largest absolute Gasteiger partial charge is 0.432 e. The molecule has 26 heavy (non-hydrogen) atoms. The molecule has 1 N–H and O–H groups in total. The number of ether oxygens (including phenoxy) is 1. The summed E-state index contributed by atoms with van der Waals surface area (Å²) < 4.78 is 5.80. The fourth-order valence-corrected chi connectivity index (χ4v) is 3.85. The Morgan fingerprint density at radius 2 is 1.42 bits per heavy atom. The third-order valence-corrected chi connectivity index (χ3v) is 9.47. The van der Waals surface area contributed by atoms with Gasteiger partial charge in [-0.1, -0.05) is 78.6 Å². The number of hydrogen-bond acceptors (Lipinski definition) is 3. The molecule has 4 heteroatoms. The topological polar surface area (TPSA) is 46.5 Å². The predicted octanol–water partition coefficient (Wildman–Crippen LogP) is 6.50. The zero-order chi connectivity index (χ0) is 20.1. The highest BCUT2D eigenvalue weighted by Crippen LogP contribution is 2.41. The normalized spacial score (nSPS) is 13.8. The van der Waals surface area contributed by atoms with Gasteiger partial charge in [-0.05, 0) is 37.9 Å². The Labute approximate surface area is 164 Å². The van der Waals surface area contributed by atoms with Crippen LogP contribution in [-0.2, 0) is 9.53 Å². The van der Waals surface area contributed by atoms with Gasteiger partial charge in [-0.25, -0.2) is 0 Å². The molecule has 3 nitrogen and oxygen atoms in total. The predicted molar refractivity (Wildman–Crippen MR) is 115 cm³/mol. The molecule has 0 aromatic heterocycles. The van der Waals surface area contributed by atoms with Crippen molar-refractivity contribution in [2.75, 3.05) is 13.2 Å². The molecule has 0 spiro atoms. The van der Waals surface area contributed by atoms with Gasteiger partial charge in [-0.3, -0.25) is 4.79 Å². The van der Waals surface area contributed by atoms with Crippen LogP contribution < -0.4 is 0 Å². The summed E-state index contributed by atoms with van der Waals surface area (Å²) in [7, 11) is -2.29. The highest BCUT2D eigenvalue weighted by molar-refractivity contribution is 6.72. The second kappa shape index (κ2) is 13.9. The number of rotatable bonds is 17. The van der Waals surface area contributed by atoms with Gasteiger partial charge in [-0.2, -0.15) is 0 Å². The number of Topliss-reactive ketones (excluding diaryl/α,β-unsaturated/α-hetero) is 1. The van der Waals surface area contributed by atoms with Crippen molar-refractivity contribution in [2.24, 2.45) is 5.92 Å². The van der Waals surface area contributed by atoms with Crippen LogP contribution in [0.25, 0.3) is 0 Å². The summed E-state index contributed by atoms with van der Waals surface area (Å²) in [4.78, 5) is 22.4. The van der Waals surface area contributed by atoms with Crippen LogP contribution in [-0.4, -0.2) is 32.1 Å². The maximum Gasteiger partial charge on any atom is 0.188 e. The van der Waals surface area contributed by atoms with E-state index in [4.69, 9.17) is 4.74 Å². The summed E-state index contributed by atoms with van der Waals surface area (Å²) in [5, 5.41) is -0.177. The molecule has 0 fully saturated rings. The molecular weight excluding hydrogens is 340 g/mol. The Bertz CT molecular complexity index is 361. The van der Waals surface area contributed by atoms with Gasteiger partial charge in [-0.15, -0.1) is 0 Å². The van der Waals surface area contributed by atoms with Crippen LogP contribution in [0.4, 0.5) is 0 Å². The molecule has 0 saturated carbocycles. The van der Waals surface area contributed by atoms with Crippen LogP contribution in [0.15, 0.2) is 0 Å². The van der Waals surface area contributed by atoms with Crippen LogP contribution in [0.5, 0.6) is 0 Å². The number of unbranched alkanes of at least 4 members (excludes halogenated alkanes) is 9. The summed E-state index contributed by atoms with van der Waals surface area (Å²) in [5.74, 6) is 0.0893. The van der Waals surface area contributed by atoms with Crippen molar-refractivity contribution in [3.8, 4) is 0 Å². The minimum atomic E-state index is -2.29. The van der Waals surface area contributed by atoms with Gasteiger partial charge < -0.3 is 9.53 Å². The fraction of sp³-hybridized carbons (Fsp3) is 0.955. The molecule has 156 valence electrons. The molecule has 0 aliphatic rings. The Morgan fingerprint density at radius 1 is 0.962 bits per heavy atom. The number of hydrogen-bond donors (Lipinski definition) is 1. The summed E-state index contributed by atoms with van der Waals surface area (Å²) in [5.41, 5.74) is 0. The summed E-state index contributed by atoms with van der Waals surface area (Å²) in [6.45, 7) is 13.2. The molecular formula is C22H46O3Si. The van der Waals surface area contributed by atoms with Crippen LogP contribution in [0, 0.1) is 5.92 Å². The molecule has 0 rings (SSSR count). The second-order valence-corrected chi connectivity index (χ2v) is 13.7. The number of ketones is 1. The molecule has 0 amide bonds. The van der Waals surface area contributed by atoms with Crippen molar-refractivity contribution in [1.82, 2.24) is 0 Å². The maximum atomic E-state index is 11.9. The van der Waals surface area contributed by atoms with E-state index in [-0.39, 0.29) is 16.7 Å². The van der Waals surface area contributed by atoms with Gasteiger partial charge >= 0.3 is 0 Å². The molecule has 0 bridgehead atoms. The minimum absolute atomic E-state index is 0.0907. The highest BCUT2D eigenvalue weighted by atomic mass is 28.4. The second-order valence-electron chi connectivity index (χ2n) is 9.21. The maximum absolute atomic E-state index is 11.9. The minimum Gasteiger partial charge on any atom is -0.432 e. The summed E-state index contributed by atoms with van der Waals surface area (Å²) in [6.07, 6.45) is 13.9. The molecule has 0 aromatic carbocycles. The smallest absolute Gasteiger partial charge is 0.188 e. The van der Waals surface area contributed by atoms with Crippen LogP contribution in [0.3, 0.4) is 0 Å². The standard InChI is InChI=1S/C22H46O3Si/c1-7-8-9-10-11-12-13-14-15-16-17-25-19-21(20(2)23)18-22(3,4)26(5,6)24/h21,24H,7-19H2,1-6H3. The van der Waals surface area contributed by atoms with E-state index in [0.717, 1.165) is 19.4 Å². The fourth-order valence-electron chi connectivity index (χ4n) is 3.10. The lowest BCUT2D eigenvalue weighted by atomic mass is 9.94. The molecule has 0 heterocycles. The Kier molecular flexibility index (Phi) is 13.8. The van der Waals surface area contributed by atoms with E-state index >= 15 is 0 Å². The average molecular weight is 387 g/mol. The van der Waals surface area contributed by atoms with E-state index in [1.54, 1.807) is 6.92 Å². The number of carbonyl (C=O) groups excluding carboxylic acids is 1. The van der Waals surface area contributed by atoms with Gasteiger partial charge in [0.1, 0.15) is 5.78 Å². The highest BCUT2D eigenvalue weighted by Gasteiger charge is 2.40. The zero-order valence-corrected chi connectivity index (χ0v) is 19.5. The van der Waals surface area contributed by atoms with Crippen molar-refractivity contribution >= 4 is 14.1 Å². The quantitative estimate of drug-likeness (QED) is 0.229. The van der Waals surface area contributed by atoms with E-state index in [9.17, 15) is 9.59 Å². The van der Waals surface area contributed by atoms with Crippen molar-refractivity contribution in [2.45, 2.75) is 116 Å². The van der Waals surface area contributed by atoms with E-state index in [2.05, 4.69) is 20.8 Å². The van der Waals surface area contributed by atoms with E-state index in [1.807, 2.05) is 13.1 Å². The molecule has 1 unspecified atom stereocenters. The average Bonchev–Trinajstić information content (AvgIpc) is 2.53. The van der Waals surface area contributed by atoms with Crippen LogP contribution >= 0.6 is 0 Å². The number of carbonyl (C=O) groups is 1. The summed E-state index contributed by atoms with van der Waals surface area (Å²) >= 11 is 0. The van der Waals surface area contributed by atoms with Crippen LogP contribution in [0.2, 0.25) is 18.1 Å². The van der Waals surface area contributed by atoms with E-state index < -0.39 is 8.32 Å². The van der Waals surface area contributed by atoms with Crippen molar-refractivity contribution in [1.29, 1.82) is 0 Å². The first-order valence-electron chi connectivity index (χ1n) is 10.9. The van der Waals surface area contributed by atoms with E-state index in [0.29, 0.717) is 6.61 Å². The third kappa shape index (κ3) is 12.2. The first kappa shape index (κ1) is 25.8. The van der Waals surface area contributed by atoms with Gasteiger partial charge in [0.25, 0.3) is 0 Å². The molecule has 0 aliphatic heterocycles. The molecule has 1 atom stereocenters. The Morgan fingerprint density at radius 3 is 1.85 bits per heavy atom. The molecule has 0 saturated heterocycles. The van der Waals surface area contributed by atoms with Gasteiger partial charge in [0, 0.05) is 12.5 Å². The monoisotopic (exact) mass is 386 g/mol. The first-order chi connectivity index (χ1) is 12.1. The van der Waals surface area contributed by atoms with Crippen molar-refractivity contribution < 1.29 is 14.3 Å². The van der Waals surface area contributed by atoms with Gasteiger partial charge in [0.2, 0.25) is 0 Å². The summed E-state index contributed by atoms with van der Waals surface area (Å²) in [6, 6.07) is 0. The third-order valence-electron chi connectivity index (χ3n) is 5.95. The first-order valence-corrected chi connectivity index (χ1v) is 13.9. The lowest BCUT2D eigenvalue weighted by Gasteiger charge is -2.37. The molecule has 0 radical (unpaired) electrons. The van der Waals surface area contributed by atoms with Gasteiger partial charge in [0.05, 0.1) is 6.61 Å². The molecule has 0 aliphatic carbocycles. The lowest BCUT2D eigenvalue weighted by molar-refractivity contribution is -0.123. The SMILES string of the molecule is CCCCCCCCCCCCOCC(CC(C)(C)[Si](C)(C)O)C(C)=O. The zero-order valence-electron chi connectivity index (χ0n) is 18.5. The van der Waals surface area contributed by atoms with Crippen molar-refractivity contribution in [3.05, 3.63) is 0 Å².